The largest absolute Gasteiger partial charge is 0.246 e. The molecular weight excluding hydrogens is 244 g/mol. The number of rotatable bonds is 3. The quantitative estimate of drug-likeness (QED) is 0.723. The molecule has 0 amide bonds. The summed E-state index contributed by atoms with van der Waals surface area (Å²) in [5.41, 5.74) is 2.06. The zero-order chi connectivity index (χ0) is 12.4. The SMILES string of the molecule is Cc1nc(Cn2cnc(-c3ccccc3)n2)cs1. The zero-order valence-electron chi connectivity index (χ0n) is 9.95. The molecule has 0 spiro atoms. The lowest BCUT2D eigenvalue weighted by Crippen LogP contribution is -2.00. The molecule has 1 aromatic carbocycles. The normalized spacial score (nSPS) is 10.7. The van der Waals surface area contributed by atoms with Crippen molar-refractivity contribution in [3.05, 3.63) is 52.7 Å². The Hall–Kier alpha value is -2.01. The van der Waals surface area contributed by atoms with E-state index in [1.807, 2.05) is 41.9 Å². The summed E-state index contributed by atoms with van der Waals surface area (Å²) in [7, 11) is 0. The first-order chi connectivity index (χ1) is 8.81. The van der Waals surface area contributed by atoms with Gasteiger partial charge in [-0.3, -0.25) is 0 Å². The van der Waals surface area contributed by atoms with Crippen LogP contribution in [0.3, 0.4) is 0 Å². The summed E-state index contributed by atoms with van der Waals surface area (Å²) in [6.45, 7) is 2.68. The van der Waals surface area contributed by atoms with Crippen molar-refractivity contribution in [3.63, 3.8) is 0 Å². The second-order valence-corrected chi connectivity index (χ2v) is 5.05. The number of benzene rings is 1. The molecule has 0 aliphatic rings. The minimum absolute atomic E-state index is 0.671. The van der Waals surface area contributed by atoms with Gasteiger partial charge in [-0.05, 0) is 6.92 Å². The van der Waals surface area contributed by atoms with Crippen LogP contribution in [-0.4, -0.2) is 19.7 Å². The minimum Gasteiger partial charge on any atom is -0.246 e. The summed E-state index contributed by atoms with van der Waals surface area (Å²) >= 11 is 1.65. The maximum Gasteiger partial charge on any atom is 0.181 e. The second-order valence-electron chi connectivity index (χ2n) is 3.99. The second kappa shape index (κ2) is 4.70. The molecule has 5 heteroatoms. The van der Waals surface area contributed by atoms with E-state index in [4.69, 9.17) is 0 Å². The monoisotopic (exact) mass is 256 g/mol. The summed E-state index contributed by atoms with van der Waals surface area (Å²) in [5.74, 6) is 0.752. The van der Waals surface area contributed by atoms with Crippen LogP contribution in [0.5, 0.6) is 0 Å². The first kappa shape index (κ1) is 11.1. The fourth-order valence-electron chi connectivity index (χ4n) is 1.74. The minimum atomic E-state index is 0.671. The summed E-state index contributed by atoms with van der Waals surface area (Å²) in [4.78, 5) is 8.73. The van der Waals surface area contributed by atoms with Crippen molar-refractivity contribution in [1.82, 2.24) is 19.7 Å². The number of hydrogen-bond acceptors (Lipinski definition) is 4. The van der Waals surface area contributed by atoms with Gasteiger partial charge in [-0.2, -0.15) is 5.10 Å². The maximum absolute atomic E-state index is 4.46. The van der Waals surface area contributed by atoms with Gasteiger partial charge in [0.2, 0.25) is 0 Å². The van der Waals surface area contributed by atoms with E-state index in [0.29, 0.717) is 6.54 Å². The molecule has 2 heterocycles. The fraction of sp³-hybridized carbons (Fsp3) is 0.154. The molecule has 18 heavy (non-hydrogen) atoms. The predicted octanol–water partition coefficient (Wildman–Crippen LogP) is 2.76. The van der Waals surface area contributed by atoms with Gasteiger partial charge in [-0.15, -0.1) is 11.3 Å². The molecule has 0 saturated carbocycles. The molecule has 0 bridgehead atoms. The molecule has 0 saturated heterocycles. The van der Waals surface area contributed by atoms with Crippen LogP contribution in [0, 0.1) is 6.92 Å². The van der Waals surface area contributed by atoms with Crippen molar-refractivity contribution in [1.29, 1.82) is 0 Å². The van der Waals surface area contributed by atoms with Crippen molar-refractivity contribution in [2.45, 2.75) is 13.5 Å². The summed E-state index contributed by atoms with van der Waals surface area (Å²) in [6.07, 6.45) is 1.75. The Balaban J connectivity index is 1.82. The van der Waals surface area contributed by atoms with E-state index < -0.39 is 0 Å². The smallest absolute Gasteiger partial charge is 0.181 e. The molecule has 90 valence electrons. The van der Waals surface area contributed by atoms with Crippen molar-refractivity contribution in [3.8, 4) is 11.4 Å². The van der Waals surface area contributed by atoms with Crippen LogP contribution in [-0.2, 0) is 6.54 Å². The number of nitrogens with zero attached hydrogens (tertiary/aromatic N) is 4. The third-order valence-corrected chi connectivity index (χ3v) is 3.38. The van der Waals surface area contributed by atoms with Gasteiger partial charge in [-0.25, -0.2) is 14.6 Å². The molecule has 0 aliphatic heterocycles. The summed E-state index contributed by atoms with van der Waals surface area (Å²) < 4.78 is 1.82. The molecule has 0 aliphatic carbocycles. The van der Waals surface area contributed by atoms with Crippen molar-refractivity contribution in [2.75, 3.05) is 0 Å². The van der Waals surface area contributed by atoms with Crippen molar-refractivity contribution in [2.24, 2.45) is 0 Å². The Morgan fingerprint density at radius 3 is 2.78 bits per heavy atom. The Bertz CT molecular complexity index is 642. The van der Waals surface area contributed by atoms with Gasteiger partial charge in [0.1, 0.15) is 6.33 Å². The molecule has 0 fully saturated rings. The topological polar surface area (TPSA) is 43.6 Å². The third kappa shape index (κ3) is 2.31. The summed E-state index contributed by atoms with van der Waals surface area (Å²) in [5, 5.41) is 7.59. The molecule has 3 aromatic rings. The lowest BCUT2D eigenvalue weighted by atomic mass is 10.2. The molecule has 2 aromatic heterocycles. The molecule has 0 N–H and O–H groups in total. The molecular formula is C13H12N4S. The Kier molecular flexibility index (Phi) is 2.90. The van der Waals surface area contributed by atoms with Crippen LogP contribution in [0.2, 0.25) is 0 Å². The number of aromatic nitrogens is 4. The lowest BCUT2D eigenvalue weighted by Gasteiger charge is -1.96. The number of thiazole rings is 1. The fourth-order valence-corrected chi connectivity index (χ4v) is 2.34. The first-order valence-corrected chi connectivity index (χ1v) is 6.55. The highest BCUT2D eigenvalue weighted by molar-refractivity contribution is 7.09. The van der Waals surface area contributed by atoms with Crippen LogP contribution >= 0.6 is 11.3 Å². The highest BCUT2D eigenvalue weighted by Gasteiger charge is 2.05. The van der Waals surface area contributed by atoms with E-state index in [0.717, 1.165) is 22.1 Å². The number of hydrogen-bond donors (Lipinski definition) is 0. The average molecular weight is 256 g/mol. The van der Waals surface area contributed by atoms with Crippen LogP contribution in [0.4, 0.5) is 0 Å². The van der Waals surface area contributed by atoms with Gasteiger partial charge in [0.15, 0.2) is 5.82 Å². The van der Waals surface area contributed by atoms with Gasteiger partial charge in [0, 0.05) is 10.9 Å². The van der Waals surface area contributed by atoms with Gasteiger partial charge >= 0.3 is 0 Å². The third-order valence-electron chi connectivity index (χ3n) is 2.56. The average Bonchev–Trinajstić information content (AvgIpc) is 3.01. The highest BCUT2D eigenvalue weighted by Crippen LogP contribution is 2.14. The molecule has 0 unspecified atom stereocenters. The zero-order valence-corrected chi connectivity index (χ0v) is 10.8. The van der Waals surface area contributed by atoms with Crippen LogP contribution < -0.4 is 0 Å². The maximum atomic E-state index is 4.46. The van der Waals surface area contributed by atoms with Crippen LogP contribution in [0.1, 0.15) is 10.7 Å². The number of aryl methyl sites for hydroxylation is 1. The first-order valence-electron chi connectivity index (χ1n) is 5.67. The van der Waals surface area contributed by atoms with Gasteiger partial charge in [0.05, 0.1) is 17.2 Å². The van der Waals surface area contributed by atoms with E-state index in [2.05, 4.69) is 20.4 Å². The standard InChI is InChI=1S/C13H12N4S/c1-10-15-12(8-18-10)7-17-9-14-13(16-17)11-5-3-2-4-6-11/h2-6,8-9H,7H2,1H3. The molecule has 4 nitrogen and oxygen atoms in total. The van der Waals surface area contributed by atoms with Crippen LogP contribution in [0.25, 0.3) is 11.4 Å². The van der Waals surface area contributed by atoms with Crippen LogP contribution in [0.15, 0.2) is 42.0 Å². The Morgan fingerprint density at radius 1 is 1.22 bits per heavy atom. The summed E-state index contributed by atoms with van der Waals surface area (Å²) in [6, 6.07) is 9.97. The Morgan fingerprint density at radius 2 is 2.06 bits per heavy atom. The van der Waals surface area contributed by atoms with Gasteiger partial charge in [-0.1, -0.05) is 30.3 Å². The highest BCUT2D eigenvalue weighted by atomic mass is 32.1. The van der Waals surface area contributed by atoms with Gasteiger partial charge in [0.25, 0.3) is 0 Å². The lowest BCUT2D eigenvalue weighted by molar-refractivity contribution is 0.675. The predicted molar refractivity (Wildman–Crippen MR) is 71.4 cm³/mol. The van der Waals surface area contributed by atoms with Crippen molar-refractivity contribution < 1.29 is 0 Å². The molecule has 0 atom stereocenters. The van der Waals surface area contributed by atoms with Crippen molar-refractivity contribution >= 4 is 11.3 Å². The Labute approximate surface area is 109 Å². The molecule has 3 rings (SSSR count). The molecule has 0 radical (unpaired) electrons. The van der Waals surface area contributed by atoms with E-state index >= 15 is 0 Å². The van der Waals surface area contributed by atoms with E-state index in [1.165, 1.54) is 0 Å². The van der Waals surface area contributed by atoms with Gasteiger partial charge < -0.3 is 0 Å². The van der Waals surface area contributed by atoms with E-state index in [1.54, 1.807) is 17.7 Å². The van der Waals surface area contributed by atoms with E-state index in [-0.39, 0.29) is 0 Å². The van der Waals surface area contributed by atoms with E-state index in [9.17, 15) is 0 Å².